The standard InChI is InChI=1S/C32H18N8.C7H16N2O.CH3O.Si/c1-2-10-18-17(9-1)25-33-26(18)38-28-21-13-5-6-14-22(21)30(35-28)40-32-24-16-8-7-15-23(24)31(36-32)39-29-20-12-4-3-11-19(20)27(34-29)37-25;1-8(2)5-7(10)6-9(3)4;1-2;/h1-16H,(H2,33,34,35,36,37,38,39,40);5-6H2,1-4H3;1H3;/q;;-1;+4. The molecule has 0 fully saturated rings. The van der Waals surface area contributed by atoms with Gasteiger partial charge in [0.2, 0.25) is 0 Å². The van der Waals surface area contributed by atoms with Gasteiger partial charge in [-0.25, -0.2) is 29.9 Å². The van der Waals surface area contributed by atoms with Crippen LogP contribution in [0.2, 0.25) is 0 Å². The maximum Gasteiger partial charge on any atom is 4.00 e. The molecule has 53 heavy (non-hydrogen) atoms. The number of fused-ring (bicyclic) bond motifs is 20. The van der Waals surface area contributed by atoms with Gasteiger partial charge in [0.25, 0.3) is 0 Å². The van der Waals surface area contributed by atoms with Gasteiger partial charge in [-0.1, -0.05) is 97.1 Å². The number of H-pyrrole nitrogens is 2. The molecule has 13 heteroatoms. The van der Waals surface area contributed by atoms with Crippen molar-refractivity contribution in [3.05, 3.63) is 97.1 Å². The summed E-state index contributed by atoms with van der Waals surface area (Å²) in [5.41, 5.74) is 6.45. The van der Waals surface area contributed by atoms with E-state index in [0.29, 0.717) is 59.0 Å². The number of aromatic nitrogens is 8. The molecule has 0 amide bonds. The molecule has 4 aromatic carbocycles. The summed E-state index contributed by atoms with van der Waals surface area (Å²) in [5.74, 6) is 2.65. The van der Waals surface area contributed by atoms with Crippen molar-refractivity contribution < 1.29 is 9.90 Å². The van der Waals surface area contributed by atoms with Crippen LogP contribution in [0.15, 0.2) is 97.1 Å². The number of Topliss-reactive ketones (excluding diaryl/α,β-unsaturated/α-hetero) is 1. The first-order chi connectivity index (χ1) is 25.3. The van der Waals surface area contributed by atoms with Crippen LogP contribution in [0.5, 0.6) is 0 Å². The van der Waals surface area contributed by atoms with E-state index in [1.54, 1.807) is 0 Å². The molecule has 3 aromatic heterocycles. The van der Waals surface area contributed by atoms with Crippen LogP contribution in [0.4, 0.5) is 0 Å². The van der Waals surface area contributed by atoms with Crippen LogP contribution in [-0.2, 0) is 4.79 Å². The van der Waals surface area contributed by atoms with Crippen molar-refractivity contribution in [2.24, 2.45) is 0 Å². The summed E-state index contributed by atoms with van der Waals surface area (Å²) in [7, 11) is 8.34. The summed E-state index contributed by atoms with van der Waals surface area (Å²) in [4.78, 5) is 51.5. The largest absolute Gasteiger partial charge is 4.00 e. The van der Waals surface area contributed by atoms with Gasteiger partial charge in [0.1, 0.15) is 22.6 Å². The summed E-state index contributed by atoms with van der Waals surface area (Å²) in [5, 5.41) is 12.1. The van der Waals surface area contributed by atoms with Crippen LogP contribution in [0, 0.1) is 0 Å². The van der Waals surface area contributed by atoms with E-state index >= 15 is 0 Å². The number of ketones is 1. The van der Waals surface area contributed by atoms with Crippen molar-refractivity contribution in [3.63, 3.8) is 0 Å². The van der Waals surface area contributed by atoms with E-state index in [1.807, 2.05) is 135 Å². The molecule has 0 saturated carbocycles. The average Bonchev–Trinajstić information content (AvgIpc) is 3.88. The number of carbonyl (C=O) groups excluding carboxylic acids is 1. The molecular formula is C40H37N10O2Si+3. The first-order valence-corrected chi connectivity index (χ1v) is 16.7. The van der Waals surface area contributed by atoms with E-state index in [2.05, 4.69) is 9.97 Å². The van der Waals surface area contributed by atoms with Gasteiger partial charge in [-0.2, -0.15) is 7.11 Å². The minimum atomic E-state index is 0. The number of hydrogen-bond acceptors (Lipinski definition) is 10. The Balaban J connectivity index is 0.000000325. The average molecular weight is 718 g/mol. The first-order valence-electron chi connectivity index (χ1n) is 16.7. The summed E-state index contributed by atoms with van der Waals surface area (Å²) in [6, 6.07) is 32.2. The number of aromatic amines is 2. The van der Waals surface area contributed by atoms with Crippen LogP contribution in [0.25, 0.3) is 89.7 Å². The monoisotopic (exact) mass is 717 g/mol. The molecule has 12 nitrogen and oxygen atoms in total. The van der Waals surface area contributed by atoms with Gasteiger partial charge >= 0.3 is 11.0 Å². The predicted octanol–water partition coefficient (Wildman–Crippen LogP) is 5.14. The number of benzene rings is 4. The van der Waals surface area contributed by atoms with Gasteiger partial charge in [-0.3, -0.25) is 4.79 Å². The number of hydrogen-bond donors (Lipinski definition) is 2. The summed E-state index contributed by atoms with van der Waals surface area (Å²) >= 11 is 0. The van der Waals surface area contributed by atoms with Crippen LogP contribution >= 0.6 is 0 Å². The van der Waals surface area contributed by atoms with E-state index < -0.39 is 0 Å². The Morgan fingerprint density at radius 2 is 0.717 bits per heavy atom. The molecule has 0 radical (unpaired) electrons. The first kappa shape index (κ1) is 36.8. The van der Waals surface area contributed by atoms with Crippen LogP contribution < -0.4 is 5.11 Å². The second-order valence-electron chi connectivity index (χ2n) is 12.8. The smallest absolute Gasteiger partial charge is 0.857 e. The normalized spacial score (nSPS) is 11.2. The van der Waals surface area contributed by atoms with Crippen LogP contribution in [0.1, 0.15) is 0 Å². The van der Waals surface area contributed by atoms with Gasteiger partial charge in [0.15, 0.2) is 29.1 Å². The molecule has 0 atom stereocenters. The Morgan fingerprint density at radius 1 is 0.472 bits per heavy atom. The van der Waals surface area contributed by atoms with Crippen LogP contribution in [0.3, 0.4) is 0 Å². The Bertz CT molecular complexity index is 2280. The topological polar surface area (TPSA) is 156 Å². The molecule has 2 aliphatic heterocycles. The maximum absolute atomic E-state index is 11.0. The fourth-order valence-corrected chi connectivity index (χ4v) is 6.35. The molecule has 0 unspecified atom stereocenters. The van der Waals surface area contributed by atoms with Crippen molar-refractivity contribution in [2.45, 2.75) is 0 Å². The molecule has 9 rings (SSSR count). The maximum atomic E-state index is 11.0. The van der Waals surface area contributed by atoms with E-state index in [-0.39, 0.29) is 16.7 Å². The zero-order valence-corrected chi connectivity index (χ0v) is 31.0. The molecule has 2 N–H and O–H groups in total. The van der Waals surface area contributed by atoms with Gasteiger partial charge in [0.05, 0.1) is 13.1 Å². The van der Waals surface area contributed by atoms with Gasteiger partial charge in [-0.15, -0.1) is 0 Å². The fourth-order valence-electron chi connectivity index (χ4n) is 6.35. The molecular weight excluding hydrogens is 681 g/mol. The van der Waals surface area contributed by atoms with Gasteiger partial charge in [-0.05, 0) is 28.2 Å². The molecule has 260 valence electrons. The van der Waals surface area contributed by atoms with Crippen molar-refractivity contribution in [3.8, 4) is 45.6 Å². The Morgan fingerprint density at radius 3 is 0.962 bits per heavy atom. The number of likely N-dealkylation sites (N-methyl/N-ethyl adjacent to an activating group) is 2. The van der Waals surface area contributed by atoms with E-state index in [4.69, 9.17) is 35.0 Å². The van der Waals surface area contributed by atoms with Gasteiger partial charge < -0.3 is 24.9 Å². The summed E-state index contributed by atoms with van der Waals surface area (Å²) in [6.07, 6.45) is 0. The minimum absolute atomic E-state index is 0. The fraction of sp³-hybridized carbons (Fsp3) is 0.175. The Kier molecular flexibility index (Phi) is 10.9. The third kappa shape index (κ3) is 7.36. The number of nitrogens with one attached hydrogen (secondary N) is 2. The Labute approximate surface area is 310 Å². The predicted molar refractivity (Wildman–Crippen MR) is 210 cm³/mol. The molecule has 2 aliphatic rings. The molecule has 0 aliphatic carbocycles. The second-order valence-corrected chi connectivity index (χ2v) is 12.8. The minimum Gasteiger partial charge on any atom is -0.857 e. The zero-order chi connectivity index (χ0) is 36.4. The van der Waals surface area contributed by atoms with E-state index in [1.165, 1.54) is 0 Å². The molecule has 7 aromatic rings. The van der Waals surface area contributed by atoms with E-state index in [9.17, 15) is 4.79 Å². The van der Waals surface area contributed by atoms with Gasteiger partial charge in [0, 0.05) is 43.8 Å². The molecule has 0 spiro atoms. The third-order valence-electron chi connectivity index (χ3n) is 8.45. The summed E-state index contributed by atoms with van der Waals surface area (Å²) in [6.45, 7) is 1.08. The Hall–Kier alpha value is -5.99. The quantitative estimate of drug-likeness (QED) is 0.234. The number of rotatable bonds is 4. The van der Waals surface area contributed by atoms with Crippen molar-refractivity contribution in [1.29, 1.82) is 0 Å². The van der Waals surface area contributed by atoms with Crippen LogP contribution in [-0.4, -0.2) is 115 Å². The number of carbonyl (C=O) groups is 1. The second kappa shape index (κ2) is 15.7. The van der Waals surface area contributed by atoms with Crippen molar-refractivity contribution in [1.82, 2.24) is 49.7 Å². The molecule has 0 saturated heterocycles. The van der Waals surface area contributed by atoms with Crippen molar-refractivity contribution >= 4 is 60.9 Å². The van der Waals surface area contributed by atoms with E-state index in [0.717, 1.165) is 50.9 Å². The molecule has 5 heterocycles. The third-order valence-corrected chi connectivity index (χ3v) is 8.45. The number of nitrogens with zero attached hydrogens (tertiary/aromatic N) is 8. The SMILES string of the molecule is CN(C)CC(=O)CN(C)C.C[O-].[Si+4].c1ccc2c(c1)-c1nc-2nc2[nH]c(nc3nc(nc4[nH]c(n1)c1ccccc41)-c1ccccc1-3)c1ccccc21. The molecule has 8 bridgehead atoms. The van der Waals surface area contributed by atoms with Crippen molar-refractivity contribution in [2.75, 3.05) is 48.4 Å². The zero-order valence-electron chi connectivity index (χ0n) is 30.0. The summed E-state index contributed by atoms with van der Waals surface area (Å²) < 4.78 is 0.